The summed E-state index contributed by atoms with van der Waals surface area (Å²) >= 11 is 0. The highest BCUT2D eigenvalue weighted by Crippen LogP contribution is 2.43. The van der Waals surface area contributed by atoms with E-state index in [9.17, 15) is 27.1 Å². The smallest absolute Gasteiger partial charge is 0.429 e. The van der Waals surface area contributed by atoms with Crippen LogP contribution in [0.25, 0.3) is 11.1 Å². The molecule has 1 radical (unpaired) electrons. The van der Waals surface area contributed by atoms with Crippen LogP contribution < -0.4 is 4.74 Å². The molecule has 0 unspecified atom stereocenters. The monoisotopic (exact) mass is 509 g/mol. The molecule has 36 heavy (non-hydrogen) atoms. The molecule has 3 rings (SSSR count). The van der Waals surface area contributed by atoms with Crippen molar-refractivity contribution in [1.82, 2.24) is 0 Å². The molecule has 0 saturated heterocycles. The SMILES string of the molecule is CCCCCc1ccc(OC(F)(F)c2c(F)cc([O])c(-c3ccc(CCCC)c(F)c3F)c2F)cc1. The van der Waals surface area contributed by atoms with Gasteiger partial charge in [0, 0.05) is 11.6 Å². The van der Waals surface area contributed by atoms with Gasteiger partial charge in [-0.15, -0.1) is 0 Å². The number of hydrogen-bond donors (Lipinski definition) is 0. The molecule has 0 heterocycles. The second-order valence-electron chi connectivity index (χ2n) is 8.64. The van der Waals surface area contributed by atoms with Crippen molar-refractivity contribution < 1.29 is 36.2 Å². The third-order valence-corrected chi connectivity index (χ3v) is 5.94. The van der Waals surface area contributed by atoms with Crippen LogP contribution in [0.3, 0.4) is 0 Å². The van der Waals surface area contributed by atoms with Crippen LogP contribution in [0.5, 0.6) is 11.5 Å². The van der Waals surface area contributed by atoms with Crippen LogP contribution in [-0.2, 0) is 24.1 Å². The molecule has 0 fully saturated rings. The maximum atomic E-state index is 15.2. The first kappa shape index (κ1) is 27.4. The molecule has 0 aliphatic rings. The Balaban J connectivity index is 1.97. The first-order valence-corrected chi connectivity index (χ1v) is 11.9. The molecule has 0 saturated carbocycles. The first-order valence-electron chi connectivity index (χ1n) is 11.9. The van der Waals surface area contributed by atoms with Crippen molar-refractivity contribution in [1.29, 1.82) is 0 Å². The average molecular weight is 510 g/mol. The lowest BCUT2D eigenvalue weighted by molar-refractivity contribution is -0.189. The topological polar surface area (TPSA) is 29.1 Å². The van der Waals surface area contributed by atoms with Crippen molar-refractivity contribution in [2.75, 3.05) is 0 Å². The quantitative estimate of drug-likeness (QED) is 0.187. The lowest BCUT2D eigenvalue weighted by atomic mass is 9.96. The molecule has 0 bridgehead atoms. The third kappa shape index (κ3) is 5.97. The van der Waals surface area contributed by atoms with Gasteiger partial charge in [-0.1, -0.05) is 57.4 Å². The summed E-state index contributed by atoms with van der Waals surface area (Å²) in [5.41, 5.74) is -3.04. The van der Waals surface area contributed by atoms with Gasteiger partial charge in [-0.3, -0.25) is 5.11 Å². The second-order valence-corrected chi connectivity index (χ2v) is 8.64. The summed E-state index contributed by atoms with van der Waals surface area (Å²) in [6.45, 7) is 3.90. The minimum absolute atomic E-state index is 0.0000893. The summed E-state index contributed by atoms with van der Waals surface area (Å²) in [7, 11) is 0. The molecule has 0 aliphatic carbocycles. The number of ether oxygens (including phenoxy) is 1. The fraction of sp³-hybridized carbons (Fsp3) is 0.357. The molecule has 2 nitrogen and oxygen atoms in total. The van der Waals surface area contributed by atoms with Crippen molar-refractivity contribution in [3.05, 3.63) is 82.4 Å². The molecule has 3 aromatic carbocycles. The highest BCUT2D eigenvalue weighted by molar-refractivity contribution is 5.73. The Bertz CT molecular complexity index is 1190. The van der Waals surface area contributed by atoms with Crippen molar-refractivity contribution in [3.8, 4) is 22.6 Å². The number of hydrogen-bond acceptors (Lipinski definition) is 1. The maximum Gasteiger partial charge on any atom is 0.432 e. The lowest BCUT2D eigenvalue weighted by Crippen LogP contribution is -2.25. The molecule has 0 atom stereocenters. The zero-order valence-electron chi connectivity index (χ0n) is 20.1. The zero-order chi connectivity index (χ0) is 26.5. The van der Waals surface area contributed by atoms with Crippen LogP contribution in [0.1, 0.15) is 62.6 Å². The number of alkyl halides is 2. The van der Waals surface area contributed by atoms with Gasteiger partial charge in [-0.05, 0) is 48.9 Å². The Hall–Kier alpha value is -3.16. The molecule has 0 N–H and O–H groups in total. The first-order chi connectivity index (χ1) is 17.1. The van der Waals surface area contributed by atoms with Gasteiger partial charge in [0.15, 0.2) is 23.2 Å². The highest BCUT2D eigenvalue weighted by atomic mass is 19.3. The van der Waals surface area contributed by atoms with E-state index < -0.39 is 51.8 Å². The van der Waals surface area contributed by atoms with Crippen LogP contribution in [0.4, 0.5) is 26.3 Å². The van der Waals surface area contributed by atoms with Crippen LogP contribution in [-0.4, -0.2) is 0 Å². The Labute approximate surface area is 206 Å². The average Bonchev–Trinajstić information content (AvgIpc) is 2.81. The number of unbranched alkanes of at least 4 members (excludes halogenated alkanes) is 3. The van der Waals surface area contributed by atoms with Crippen LogP contribution in [0.15, 0.2) is 42.5 Å². The Morgan fingerprint density at radius 1 is 0.778 bits per heavy atom. The summed E-state index contributed by atoms with van der Waals surface area (Å²) in [4.78, 5) is 0. The predicted octanol–water partition coefficient (Wildman–Crippen LogP) is 9.26. The van der Waals surface area contributed by atoms with E-state index in [1.165, 1.54) is 12.1 Å². The summed E-state index contributed by atoms with van der Waals surface area (Å²) < 4.78 is 93.5. The molecular formula is C28H27F6O2. The van der Waals surface area contributed by atoms with Crippen molar-refractivity contribution in [2.45, 2.75) is 64.9 Å². The molecule has 3 aromatic rings. The van der Waals surface area contributed by atoms with Gasteiger partial charge in [-0.2, -0.15) is 8.78 Å². The lowest BCUT2D eigenvalue weighted by Gasteiger charge is -2.21. The van der Waals surface area contributed by atoms with Gasteiger partial charge in [0.2, 0.25) is 0 Å². The van der Waals surface area contributed by atoms with Crippen LogP contribution in [0.2, 0.25) is 0 Å². The van der Waals surface area contributed by atoms with Gasteiger partial charge in [0.25, 0.3) is 0 Å². The Morgan fingerprint density at radius 3 is 2.08 bits per heavy atom. The molecule has 0 aromatic heterocycles. The minimum Gasteiger partial charge on any atom is -0.429 e. The number of aryl methyl sites for hydroxylation is 2. The van der Waals surface area contributed by atoms with E-state index in [4.69, 9.17) is 0 Å². The zero-order valence-corrected chi connectivity index (χ0v) is 20.1. The summed E-state index contributed by atoms with van der Waals surface area (Å²) in [6, 6.07) is 7.83. The fourth-order valence-corrected chi connectivity index (χ4v) is 3.96. The van der Waals surface area contributed by atoms with Gasteiger partial charge >= 0.3 is 6.11 Å². The molecule has 0 spiro atoms. The van der Waals surface area contributed by atoms with Crippen molar-refractivity contribution >= 4 is 0 Å². The highest BCUT2D eigenvalue weighted by Gasteiger charge is 2.43. The van der Waals surface area contributed by atoms with E-state index >= 15 is 4.39 Å². The van der Waals surface area contributed by atoms with Gasteiger partial charge in [-0.25, -0.2) is 17.6 Å². The fourth-order valence-electron chi connectivity index (χ4n) is 3.96. The summed E-state index contributed by atoms with van der Waals surface area (Å²) in [6.07, 6.45) is 0.612. The predicted molar refractivity (Wildman–Crippen MR) is 125 cm³/mol. The molecular weight excluding hydrogens is 482 g/mol. The number of rotatable bonds is 11. The molecule has 193 valence electrons. The maximum absolute atomic E-state index is 15.2. The van der Waals surface area contributed by atoms with Crippen LogP contribution >= 0.6 is 0 Å². The Morgan fingerprint density at radius 2 is 1.44 bits per heavy atom. The van der Waals surface area contributed by atoms with Gasteiger partial charge < -0.3 is 4.74 Å². The van der Waals surface area contributed by atoms with Gasteiger partial charge in [0.05, 0.1) is 5.56 Å². The number of halogens is 6. The second kappa shape index (κ2) is 11.7. The van der Waals surface area contributed by atoms with E-state index in [-0.39, 0.29) is 23.8 Å². The minimum atomic E-state index is -4.55. The standard InChI is InChI=1S/C28H27F6O2/c1-3-5-7-8-17-10-13-19(14-11-17)36-28(33,34)24-21(29)16-22(35)23(27(24)32)20-15-12-18(9-6-4-2)25(30)26(20)31/h10-16H,3-9H2,1-2H3. The van der Waals surface area contributed by atoms with E-state index in [1.807, 2.05) is 6.92 Å². The largest absolute Gasteiger partial charge is 0.432 e. The van der Waals surface area contributed by atoms with Crippen molar-refractivity contribution in [2.24, 2.45) is 0 Å². The van der Waals surface area contributed by atoms with Crippen molar-refractivity contribution in [3.63, 3.8) is 0 Å². The van der Waals surface area contributed by atoms with E-state index in [0.29, 0.717) is 12.8 Å². The van der Waals surface area contributed by atoms with E-state index in [2.05, 4.69) is 11.7 Å². The molecule has 0 aliphatic heterocycles. The van der Waals surface area contributed by atoms with Gasteiger partial charge in [0.1, 0.15) is 17.1 Å². The van der Waals surface area contributed by atoms with E-state index in [1.54, 1.807) is 12.1 Å². The summed E-state index contributed by atoms with van der Waals surface area (Å²) in [5, 5.41) is 12.3. The third-order valence-electron chi connectivity index (χ3n) is 5.94. The van der Waals surface area contributed by atoms with E-state index in [0.717, 1.165) is 43.4 Å². The van der Waals surface area contributed by atoms with Crippen LogP contribution in [0, 0.1) is 23.3 Å². The normalized spacial score (nSPS) is 11.7. The molecule has 0 amide bonds. The summed E-state index contributed by atoms with van der Waals surface area (Å²) in [5.74, 6) is -8.51. The number of benzene rings is 3. The molecule has 8 heteroatoms. The Kier molecular flexibility index (Phi) is 8.93.